The SMILES string of the molecule is CCOc1ccc(-n2cc(C=O)[nH]c2=S)cc1. The smallest absolute Gasteiger partial charge is 0.182 e. The van der Waals surface area contributed by atoms with Crippen LogP contribution in [-0.4, -0.2) is 22.4 Å². The topological polar surface area (TPSA) is 47.0 Å². The molecule has 0 aliphatic heterocycles. The Balaban J connectivity index is 2.36. The lowest BCUT2D eigenvalue weighted by molar-refractivity contribution is 0.111. The Morgan fingerprint density at radius 3 is 2.65 bits per heavy atom. The second-order valence-electron chi connectivity index (χ2n) is 3.43. The molecule has 0 atom stereocenters. The van der Waals surface area contributed by atoms with Crippen LogP contribution in [0.5, 0.6) is 5.75 Å². The highest BCUT2D eigenvalue weighted by molar-refractivity contribution is 7.71. The number of aromatic nitrogens is 2. The highest BCUT2D eigenvalue weighted by atomic mass is 32.1. The van der Waals surface area contributed by atoms with Gasteiger partial charge in [-0.2, -0.15) is 0 Å². The molecule has 1 N–H and O–H groups in total. The van der Waals surface area contributed by atoms with Crippen LogP contribution in [0.1, 0.15) is 17.4 Å². The van der Waals surface area contributed by atoms with Crippen LogP contribution < -0.4 is 4.74 Å². The van der Waals surface area contributed by atoms with E-state index in [1.807, 2.05) is 31.2 Å². The second-order valence-corrected chi connectivity index (χ2v) is 3.82. The van der Waals surface area contributed by atoms with E-state index in [1.165, 1.54) is 0 Å². The molecule has 88 valence electrons. The summed E-state index contributed by atoms with van der Waals surface area (Å²) in [5.41, 5.74) is 1.35. The van der Waals surface area contributed by atoms with Crippen LogP contribution >= 0.6 is 12.2 Å². The summed E-state index contributed by atoms with van der Waals surface area (Å²) in [6, 6.07) is 7.52. The third-order valence-electron chi connectivity index (χ3n) is 2.29. The summed E-state index contributed by atoms with van der Waals surface area (Å²) < 4.78 is 7.60. The molecule has 0 aliphatic carbocycles. The van der Waals surface area contributed by atoms with Crippen LogP contribution in [0.15, 0.2) is 30.5 Å². The summed E-state index contributed by atoms with van der Waals surface area (Å²) in [6.45, 7) is 2.57. The summed E-state index contributed by atoms with van der Waals surface area (Å²) in [5.74, 6) is 0.814. The van der Waals surface area contributed by atoms with Gasteiger partial charge < -0.3 is 9.72 Å². The second kappa shape index (κ2) is 4.97. The number of nitrogens with one attached hydrogen (secondary N) is 1. The maximum Gasteiger partial charge on any atom is 0.182 e. The number of rotatable bonds is 4. The normalized spacial score (nSPS) is 10.2. The number of ether oxygens (including phenoxy) is 1. The molecular weight excluding hydrogens is 236 g/mol. The number of carbonyl (C=O) groups is 1. The lowest BCUT2D eigenvalue weighted by Crippen LogP contribution is -1.94. The minimum atomic E-state index is 0.462. The predicted molar refractivity (Wildman–Crippen MR) is 67.5 cm³/mol. The van der Waals surface area contributed by atoms with Crippen molar-refractivity contribution in [2.75, 3.05) is 6.61 Å². The fraction of sp³-hybridized carbons (Fsp3) is 0.167. The fourth-order valence-electron chi connectivity index (χ4n) is 1.54. The van der Waals surface area contributed by atoms with Crippen LogP contribution in [0, 0.1) is 4.77 Å². The van der Waals surface area contributed by atoms with Crippen LogP contribution in [-0.2, 0) is 0 Å². The van der Waals surface area contributed by atoms with Crippen molar-refractivity contribution in [1.29, 1.82) is 0 Å². The molecule has 2 rings (SSSR count). The summed E-state index contributed by atoms with van der Waals surface area (Å²) in [4.78, 5) is 13.4. The number of benzene rings is 1. The number of hydrogen-bond acceptors (Lipinski definition) is 3. The number of hydrogen-bond donors (Lipinski definition) is 1. The largest absolute Gasteiger partial charge is 0.494 e. The van der Waals surface area contributed by atoms with Gasteiger partial charge in [-0.3, -0.25) is 9.36 Å². The molecule has 0 radical (unpaired) electrons. The number of nitrogens with zero attached hydrogens (tertiary/aromatic N) is 1. The molecule has 0 unspecified atom stereocenters. The van der Waals surface area contributed by atoms with Gasteiger partial charge in [0.15, 0.2) is 11.1 Å². The maximum atomic E-state index is 10.6. The molecule has 0 saturated heterocycles. The first-order valence-corrected chi connectivity index (χ1v) is 5.65. The van der Waals surface area contributed by atoms with Crippen molar-refractivity contribution in [3.05, 3.63) is 40.9 Å². The highest BCUT2D eigenvalue weighted by Crippen LogP contribution is 2.16. The predicted octanol–water partition coefficient (Wildman–Crippen LogP) is 2.75. The average Bonchev–Trinajstić information content (AvgIpc) is 2.72. The third-order valence-corrected chi connectivity index (χ3v) is 2.59. The molecule has 17 heavy (non-hydrogen) atoms. The first-order valence-electron chi connectivity index (χ1n) is 5.24. The van der Waals surface area contributed by atoms with Gasteiger partial charge in [0.05, 0.1) is 12.3 Å². The molecule has 5 heteroatoms. The Hall–Kier alpha value is -1.88. The summed E-state index contributed by atoms with van der Waals surface area (Å²) >= 11 is 5.12. The van der Waals surface area contributed by atoms with Gasteiger partial charge in [-0.15, -0.1) is 0 Å². The molecule has 1 aromatic carbocycles. The standard InChI is InChI=1S/C12H12N2O2S/c1-2-16-11-5-3-10(4-6-11)14-7-9(8-15)13-12(14)17/h3-8H,2H2,1H3,(H,13,17). The highest BCUT2D eigenvalue weighted by Gasteiger charge is 2.02. The van der Waals surface area contributed by atoms with E-state index in [9.17, 15) is 4.79 Å². The zero-order valence-electron chi connectivity index (χ0n) is 9.34. The Morgan fingerprint density at radius 2 is 2.12 bits per heavy atom. The Bertz CT molecular complexity index is 569. The summed E-state index contributed by atoms with van der Waals surface area (Å²) in [5, 5.41) is 0. The Morgan fingerprint density at radius 1 is 1.41 bits per heavy atom. The number of imidazole rings is 1. The zero-order chi connectivity index (χ0) is 12.3. The molecule has 4 nitrogen and oxygen atoms in total. The lowest BCUT2D eigenvalue weighted by atomic mass is 10.3. The molecular formula is C12H12N2O2S. The van der Waals surface area contributed by atoms with Gasteiger partial charge in [-0.1, -0.05) is 0 Å². The van der Waals surface area contributed by atoms with E-state index in [4.69, 9.17) is 17.0 Å². The van der Waals surface area contributed by atoms with E-state index in [0.29, 0.717) is 17.1 Å². The monoisotopic (exact) mass is 248 g/mol. The summed E-state index contributed by atoms with van der Waals surface area (Å²) in [7, 11) is 0. The average molecular weight is 248 g/mol. The molecule has 0 saturated carbocycles. The third kappa shape index (κ3) is 2.45. The fourth-order valence-corrected chi connectivity index (χ4v) is 1.81. The first kappa shape index (κ1) is 11.6. The van der Waals surface area contributed by atoms with Gasteiger partial charge in [0, 0.05) is 11.9 Å². The van der Waals surface area contributed by atoms with Crippen molar-refractivity contribution >= 4 is 18.5 Å². The van der Waals surface area contributed by atoms with Gasteiger partial charge in [0.2, 0.25) is 0 Å². The molecule has 1 aromatic heterocycles. The van der Waals surface area contributed by atoms with E-state index >= 15 is 0 Å². The van der Waals surface area contributed by atoms with E-state index in [-0.39, 0.29) is 0 Å². The zero-order valence-corrected chi connectivity index (χ0v) is 10.2. The van der Waals surface area contributed by atoms with Crippen molar-refractivity contribution in [2.45, 2.75) is 6.92 Å². The molecule has 0 fully saturated rings. The van der Waals surface area contributed by atoms with Crippen molar-refractivity contribution < 1.29 is 9.53 Å². The van der Waals surface area contributed by atoms with Crippen LogP contribution in [0.2, 0.25) is 0 Å². The molecule has 0 spiro atoms. The minimum Gasteiger partial charge on any atom is -0.494 e. The van der Waals surface area contributed by atoms with Crippen molar-refractivity contribution in [2.24, 2.45) is 0 Å². The number of aromatic amines is 1. The summed E-state index contributed by atoms with van der Waals surface area (Å²) in [6.07, 6.45) is 2.41. The van der Waals surface area contributed by atoms with Gasteiger partial charge in [0.25, 0.3) is 0 Å². The van der Waals surface area contributed by atoms with E-state index in [2.05, 4.69) is 4.98 Å². The van der Waals surface area contributed by atoms with Crippen molar-refractivity contribution in [3.8, 4) is 11.4 Å². The van der Waals surface area contributed by atoms with Gasteiger partial charge in [-0.25, -0.2) is 0 Å². The molecule has 0 aliphatic rings. The van der Waals surface area contributed by atoms with E-state index < -0.39 is 0 Å². The number of aldehydes is 1. The molecule has 2 aromatic rings. The van der Waals surface area contributed by atoms with Gasteiger partial charge in [0.1, 0.15) is 5.75 Å². The van der Waals surface area contributed by atoms with Crippen molar-refractivity contribution in [3.63, 3.8) is 0 Å². The van der Waals surface area contributed by atoms with Crippen molar-refractivity contribution in [1.82, 2.24) is 9.55 Å². The number of carbonyl (C=O) groups excluding carboxylic acids is 1. The van der Waals surface area contributed by atoms with Crippen LogP contribution in [0.25, 0.3) is 5.69 Å². The molecule has 1 heterocycles. The maximum absolute atomic E-state index is 10.6. The molecule has 0 bridgehead atoms. The Kier molecular flexibility index (Phi) is 3.39. The first-order chi connectivity index (χ1) is 8.24. The quantitative estimate of drug-likeness (QED) is 0.668. The number of H-pyrrole nitrogens is 1. The van der Waals surface area contributed by atoms with Gasteiger partial charge in [-0.05, 0) is 43.4 Å². The van der Waals surface area contributed by atoms with Crippen LogP contribution in [0.4, 0.5) is 0 Å². The van der Waals surface area contributed by atoms with E-state index in [1.54, 1.807) is 10.8 Å². The van der Waals surface area contributed by atoms with Crippen LogP contribution in [0.3, 0.4) is 0 Å². The van der Waals surface area contributed by atoms with Gasteiger partial charge >= 0.3 is 0 Å². The minimum absolute atomic E-state index is 0.462. The lowest BCUT2D eigenvalue weighted by Gasteiger charge is -2.05. The molecule has 0 amide bonds. The Labute approximate surface area is 104 Å². The van der Waals surface area contributed by atoms with E-state index in [0.717, 1.165) is 17.7 Å².